The van der Waals surface area contributed by atoms with Crippen molar-refractivity contribution in [1.82, 2.24) is 10.3 Å². The summed E-state index contributed by atoms with van der Waals surface area (Å²) in [4.78, 5) is 44.5. The van der Waals surface area contributed by atoms with Gasteiger partial charge in [0.15, 0.2) is 0 Å². The lowest BCUT2D eigenvalue weighted by Gasteiger charge is -2.30. The first-order valence-corrected chi connectivity index (χ1v) is 9.47. The van der Waals surface area contributed by atoms with Crippen LogP contribution in [0.3, 0.4) is 0 Å². The molecule has 2 heterocycles. The van der Waals surface area contributed by atoms with Gasteiger partial charge in [0.1, 0.15) is 0 Å². The summed E-state index contributed by atoms with van der Waals surface area (Å²) >= 11 is 0. The number of hydrogen-bond donors (Lipinski definition) is 1. The van der Waals surface area contributed by atoms with Gasteiger partial charge in [-0.3, -0.25) is 4.98 Å². The van der Waals surface area contributed by atoms with Gasteiger partial charge in [-0.25, -0.2) is 9.59 Å². The van der Waals surface area contributed by atoms with E-state index >= 15 is 0 Å². The number of aromatic nitrogens is 1. The molecular weight excluding hydrogens is 394 g/mol. The summed E-state index contributed by atoms with van der Waals surface area (Å²) in [6, 6.07) is 5.22. The quantitative estimate of drug-likeness (QED) is 0.277. The molecule has 0 amide bonds. The van der Waals surface area contributed by atoms with E-state index in [1.807, 2.05) is 0 Å². The van der Waals surface area contributed by atoms with Gasteiger partial charge in [0, 0.05) is 24.0 Å². The topological polar surface area (TPSA) is 130 Å². The van der Waals surface area contributed by atoms with Crippen LogP contribution < -0.4 is 5.32 Å². The van der Waals surface area contributed by atoms with E-state index in [2.05, 4.69) is 15.1 Å². The van der Waals surface area contributed by atoms with Crippen LogP contribution in [0.5, 0.6) is 0 Å². The minimum atomic E-state index is -0.906. The zero-order chi connectivity index (χ0) is 22.3. The van der Waals surface area contributed by atoms with E-state index in [1.54, 1.807) is 52.1 Å². The van der Waals surface area contributed by atoms with E-state index in [0.717, 1.165) is 0 Å². The molecule has 162 valence electrons. The molecule has 0 spiro atoms. The van der Waals surface area contributed by atoms with Crippen molar-refractivity contribution in [1.29, 1.82) is 0 Å². The predicted molar refractivity (Wildman–Crippen MR) is 105 cm³/mol. The van der Waals surface area contributed by atoms with Crippen LogP contribution >= 0.6 is 0 Å². The molecule has 1 aromatic heterocycles. The highest BCUT2D eigenvalue weighted by atomic mass is 16.9. The molecule has 10 heteroatoms. The van der Waals surface area contributed by atoms with E-state index in [4.69, 9.17) is 9.47 Å². The molecule has 30 heavy (non-hydrogen) atoms. The van der Waals surface area contributed by atoms with E-state index in [1.165, 1.54) is 0 Å². The van der Waals surface area contributed by atoms with Crippen molar-refractivity contribution < 1.29 is 29.0 Å². The summed E-state index contributed by atoms with van der Waals surface area (Å²) in [5.41, 5.74) is 2.08. The van der Waals surface area contributed by atoms with Crippen LogP contribution in [0.15, 0.2) is 46.9 Å². The number of nitrogens with one attached hydrogen (secondary N) is 1. The van der Waals surface area contributed by atoms with Gasteiger partial charge in [-0.2, -0.15) is 0 Å². The van der Waals surface area contributed by atoms with Crippen LogP contribution in [0.2, 0.25) is 0 Å². The Labute approximate surface area is 174 Å². The summed E-state index contributed by atoms with van der Waals surface area (Å²) in [5.74, 6) is -1.98. The number of ether oxygens (including phenoxy) is 2. The number of esters is 2. The van der Waals surface area contributed by atoms with Crippen molar-refractivity contribution >= 4 is 11.9 Å². The number of hydrogen-bond acceptors (Lipinski definition) is 9. The Morgan fingerprint density at radius 2 is 1.83 bits per heavy atom. The fourth-order valence-electron chi connectivity index (χ4n) is 3.10. The average Bonchev–Trinajstić information content (AvgIpc) is 2.66. The third-order valence-corrected chi connectivity index (χ3v) is 4.24. The van der Waals surface area contributed by atoms with Gasteiger partial charge in [0.05, 0.1) is 42.1 Å². The Morgan fingerprint density at radius 3 is 2.40 bits per heavy atom. The van der Waals surface area contributed by atoms with Crippen molar-refractivity contribution in [3.63, 3.8) is 0 Å². The summed E-state index contributed by atoms with van der Waals surface area (Å²) in [6.07, 6.45) is 1.38. The minimum absolute atomic E-state index is 0.0765. The summed E-state index contributed by atoms with van der Waals surface area (Å²) in [6.45, 7) is 6.65. The zero-order valence-electron chi connectivity index (χ0n) is 17.3. The highest BCUT2D eigenvalue weighted by Gasteiger charge is 2.38. The highest BCUT2D eigenvalue weighted by Crippen LogP contribution is 2.38. The molecule has 10 nitrogen and oxygen atoms in total. The number of dihydropyridines is 1. The van der Waals surface area contributed by atoms with Gasteiger partial charge in [-0.15, -0.1) is 10.1 Å². The van der Waals surface area contributed by atoms with Crippen LogP contribution in [0.25, 0.3) is 0 Å². The predicted octanol–water partition coefficient (Wildman–Crippen LogP) is 2.41. The molecular formula is C20H25N3O7. The molecule has 1 unspecified atom stereocenters. The number of carbonyl (C=O) groups excluding carboxylic acids is 2. The van der Waals surface area contributed by atoms with Crippen molar-refractivity contribution in [2.45, 2.75) is 46.1 Å². The normalized spacial score (nSPS) is 16.2. The molecule has 1 atom stereocenters. The third-order valence-electron chi connectivity index (χ3n) is 4.24. The second-order valence-corrected chi connectivity index (χ2v) is 6.89. The minimum Gasteiger partial charge on any atom is -0.462 e. The Hall–Kier alpha value is -3.43. The van der Waals surface area contributed by atoms with Crippen molar-refractivity contribution in [2.24, 2.45) is 0 Å². The molecule has 1 aromatic rings. The van der Waals surface area contributed by atoms with E-state index < -0.39 is 22.9 Å². The Balaban J connectivity index is 2.32. The third kappa shape index (κ3) is 5.79. The van der Waals surface area contributed by atoms with Crippen LogP contribution in [0.1, 0.15) is 45.7 Å². The largest absolute Gasteiger partial charge is 0.462 e. The first-order chi connectivity index (χ1) is 14.2. The highest BCUT2D eigenvalue weighted by molar-refractivity contribution is 5.99. The van der Waals surface area contributed by atoms with Crippen LogP contribution in [0, 0.1) is 10.1 Å². The smallest absolute Gasteiger partial charge is 0.337 e. The van der Waals surface area contributed by atoms with Crippen LogP contribution in [-0.4, -0.2) is 41.3 Å². The van der Waals surface area contributed by atoms with E-state index in [9.17, 15) is 19.7 Å². The number of rotatable bonds is 9. The molecule has 1 aliphatic rings. The second-order valence-electron chi connectivity index (χ2n) is 6.89. The Morgan fingerprint density at radius 1 is 1.17 bits per heavy atom. The lowest BCUT2D eigenvalue weighted by Crippen LogP contribution is -2.33. The molecule has 0 aliphatic carbocycles. The number of nitrogens with zero attached hydrogens (tertiary/aromatic N) is 2. The van der Waals surface area contributed by atoms with Crippen molar-refractivity contribution in [3.05, 3.63) is 62.7 Å². The number of pyridine rings is 1. The van der Waals surface area contributed by atoms with Crippen molar-refractivity contribution in [3.8, 4) is 0 Å². The monoisotopic (exact) mass is 419 g/mol. The van der Waals surface area contributed by atoms with Gasteiger partial charge in [0.2, 0.25) is 0 Å². The molecule has 1 N–H and O–H groups in total. The molecule has 0 saturated carbocycles. The standard InChI is InChI=1S/C20H25N3O7/c1-12(2)30-20(25)17-14(4)22-13(3)16(18(17)15-8-5-6-9-21-15)19(24)28-10-7-11-29-23(26)27/h5-6,8-9,12,18,22H,7,10-11H2,1-4H3. The molecule has 1 aliphatic heterocycles. The Kier molecular flexibility index (Phi) is 7.90. The second kappa shape index (κ2) is 10.4. The molecule has 0 fully saturated rings. The lowest BCUT2D eigenvalue weighted by molar-refractivity contribution is -0.757. The number of carbonyl (C=O) groups is 2. The SMILES string of the molecule is CC1=C(C(=O)OCCCO[N+](=O)[O-])C(c2ccccn2)C(C(=O)OC(C)C)=C(C)N1. The average molecular weight is 419 g/mol. The van der Waals surface area contributed by atoms with Gasteiger partial charge in [-0.1, -0.05) is 6.07 Å². The lowest BCUT2D eigenvalue weighted by atomic mass is 9.82. The number of allylic oxidation sites excluding steroid dienone is 2. The molecule has 2 rings (SSSR count). The fourth-order valence-corrected chi connectivity index (χ4v) is 3.10. The molecule has 0 saturated heterocycles. The van der Waals surface area contributed by atoms with Crippen LogP contribution in [-0.2, 0) is 23.9 Å². The summed E-state index contributed by atoms with van der Waals surface area (Å²) < 4.78 is 10.7. The van der Waals surface area contributed by atoms with E-state index in [-0.39, 0.29) is 36.9 Å². The maximum absolute atomic E-state index is 12.9. The van der Waals surface area contributed by atoms with Gasteiger partial charge >= 0.3 is 11.9 Å². The fraction of sp³-hybridized carbons (Fsp3) is 0.450. The van der Waals surface area contributed by atoms with Crippen molar-refractivity contribution in [2.75, 3.05) is 13.2 Å². The summed E-state index contributed by atoms with van der Waals surface area (Å²) in [5, 5.41) is 12.3. The van der Waals surface area contributed by atoms with Gasteiger partial charge in [0.25, 0.3) is 5.09 Å². The Bertz CT molecular complexity index is 862. The van der Waals surface area contributed by atoms with E-state index in [0.29, 0.717) is 17.1 Å². The van der Waals surface area contributed by atoms with Crippen LogP contribution in [0.4, 0.5) is 0 Å². The van der Waals surface area contributed by atoms with Gasteiger partial charge in [-0.05, 0) is 39.8 Å². The first kappa shape index (κ1) is 22.9. The van der Waals surface area contributed by atoms with Gasteiger partial charge < -0.3 is 19.6 Å². The molecule has 0 bridgehead atoms. The first-order valence-electron chi connectivity index (χ1n) is 9.47. The zero-order valence-corrected chi connectivity index (χ0v) is 17.3. The maximum atomic E-state index is 12.9. The maximum Gasteiger partial charge on any atom is 0.337 e. The summed E-state index contributed by atoms with van der Waals surface area (Å²) in [7, 11) is 0. The molecule has 0 radical (unpaired) electrons. The molecule has 0 aromatic carbocycles.